The second-order valence-electron chi connectivity index (χ2n) is 2.35. The Morgan fingerprint density at radius 2 is 2.08 bits per heavy atom. The lowest BCUT2D eigenvalue weighted by atomic mass is 10.2. The molecule has 13 heavy (non-hydrogen) atoms. The van der Waals surface area contributed by atoms with E-state index in [2.05, 4.69) is 4.98 Å². The Morgan fingerprint density at radius 1 is 1.46 bits per heavy atom. The van der Waals surface area contributed by atoms with Gasteiger partial charge in [-0.15, -0.1) is 0 Å². The second kappa shape index (κ2) is 3.79. The van der Waals surface area contributed by atoms with Gasteiger partial charge in [-0.25, -0.2) is 0 Å². The third kappa shape index (κ3) is 2.53. The van der Waals surface area contributed by atoms with Crippen LogP contribution in [0.5, 0.6) is 0 Å². The molecule has 0 unspecified atom stereocenters. The zero-order valence-corrected chi connectivity index (χ0v) is 8.56. The highest BCUT2D eigenvalue weighted by Crippen LogP contribution is 2.29. The average Bonchev–Trinajstić information content (AvgIpc) is 2.02. The van der Waals surface area contributed by atoms with Gasteiger partial charge in [-0.2, -0.15) is 13.2 Å². The summed E-state index contributed by atoms with van der Waals surface area (Å²) in [6.45, 7) is 0.149. The number of nitrogens with zero attached hydrogens (tertiary/aromatic N) is 1. The molecule has 1 aromatic heterocycles. The molecular formula is C7H6F3IN2. The molecule has 0 aliphatic carbocycles. The first kappa shape index (κ1) is 10.7. The molecule has 0 fully saturated rings. The first-order valence-electron chi connectivity index (χ1n) is 3.37. The van der Waals surface area contributed by atoms with Crippen molar-refractivity contribution in [3.63, 3.8) is 0 Å². The monoisotopic (exact) mass is 302 g/mol. The first-order valence-corrected chi connectivity index (χ1v) is 4.44. The predicted octanol–water partition coefficient (Wildman–Crippen LogP) is 2.16. The number of halogens is 4. The van der Waals surface area contributed by atoms with Crippen molar-refractivity contribution in [2.75, 3.05) is 0 Å². The van der Waals surface area contributed by atoms with E-state index in [1.54, 1.807) is 22.6 Å². The van der Waals surface area contributed by atoms with Crippen molar-refractivity contribution in [3.05, 3.63) is 27.1 Å². The van der Waals surface area contributed by atoms with Crippen molar-refractivity contribution < 1.29 is 13.2 Å². The van der Waals surface area contributed by atoms with Crippen LogP contribution in [0.25, 0.3) is 0 Å². The second-order valence-corrected chi connectivity index (χ2v) is 3.52. The van der Waals surface area contributed by atoms with Gasteiger partial charge in [-0.1, -0.05) is 0 Å². The molecule has 1 rings (SSSR count). The van der Waals surface area contributed by atoms with Crippen LogP contribution in [0, 0.1) is 3.57 Å². The average molecular weight is 302 g/mol. The van der Waals surface area contributed by atoms with Crippen molar-refractivity contribution in [1.82, 2.24) is 4.98 Å². The van der Waals surface area contributed by atoms with Gasteiger partial charge in [0.25, 0.3) is 0 Å². The fourth-order valence-corrected chi connectivity index (χ4v) is 1.47. The summed E-state index contributed by atoms with van der Waals surface area (Å²) in [6.07, 6.45) is -3.54. The van der Waals surface area contributed by atoms with Crippen LogP contribution in [0.15, 0.2) is 12.3 Å². The molecule has 1 aromatic rings. The van der Waals surface area contributed by atoms with E-state index in [4.69, 9.17) is 5.73 Å². The lowest BCUT2D eigenvalue weighted by Gasteiger charge is -2.07. The molecule has 0 aromatic carbocycles. The lowest BCUT2D eigenvalue weighted by molar-refractivity contribution is -0.137. The van der Waals surface area contributed by atoms with Gasteiger partial charge in [-0.3, -0.25) is 4.98 Å². The van der Waals surface area contributed by atoms with Crippen LogP contribution in [-0.4, -0.2) is 4.98 Å². The highest BCUT2D eigenvalue weighted by molar-refractivity contribution is 14.1. The number of hydrogen-bond donors (Lipinski definition) is 1. The minimum Gasteiger partial charge on any atom is -0.325 e. The van der Waals surface area contributed by atoms with Crippen LogP contribution in [0.4, 0.5) is 13.2 Å². The molecular weight excluding hydrogens is 296 g/mol. The van der Waals surface area contributed by atoms with Gasteiger partial charge in [-0.05, 0) is 28.7 Å². The van der Waals surface area contributed by atoms with E-state index in [1.807, 2.05) is 0 Å². The Bertz CT molecular complexity index is 311. The van der Waals surface area contributed by atoms with Crippen molar-refractivity contribution in [3.8, 4) is 0 Å². The summed E-state index contributed by atoms with van der Waals surface area (Å²) in [5.41, 5.74) is 5.00. The SMILES string of the molecule is NCc1ncc(C(F)(F)F)cc1I. The molecule has 6 heteroatoms. The Morgan fingerprint density at radius 3 is 2.46 bits per heavy atom. The minimum absolute atomic E-state index is 0.149. The molecule has 0 saturated heterocycles. The lowest BCUT2D eigenvalue weighted by Crippen LogP contribution is -2.09. The molecule has 0 radical (unpaired) electrons. The number of pyridine rings is 1. The van der Waals surface area contributed by atoms with Crippen LogP contribution in [0.1, 0.15) is 11.3 Å². The van der Waals surface area contributed by atoms with Crippen molar-refractivity contribution in [1.29, 1.82) is 0 Å². The number of rotatable bonds is 1. The maximum absolute atomic E-state index is 12.1. The van der Waals surface area contributed by atoms with E-state index in [0.29, 0.717) is 9.26 Å². The summed E-state index contributed by atoms with van der Waals surface area (Å²) in [5.74, 6) is 0. The smallest absolute Gasteiger partial charge is 0.325 e. The third-order valence-corrected chi connectivity index (χ3v) is 2.37. The maximum atomic E-state index is 12.1. The van der Waals surface area contributed by atoms with Gasteiger partial charge >= 0.3 is 6.18 Å². The van der Waals surface area contributed by atoms with Gasteiger partial charge in [0.2, 0.25) is 0 Å². The zero-order chi connectivity index (χ0) is 10.1. The predicted molar refractivity (Wildman–Crippen MR) is 49.8 cm³/mol. The fraction of sp³-hybridized carbons (Fsp3) is 0.286. The van der Waals surface area contributed by atoms with Gasteiger partial charge in [0, 0.05) is 16.3 Å². The molecule has 0 spiro atoms. The van der Waals surface area contributed by atoms with Gasteiger partial charge in [0.1, 0.15) is 0 Å². The summed E-state index contributed by atoms with van der Waals surface area (Å²) in [6, 6.07) is 1.04. The van der Waals surface area contributed by atoms with Crippen LogP contribution in [-0.2, 0) is 12.7 Å². The number of hydrogen-bond acceptors (Lipinski definition) is 2. The Labute approximate surface area is 86.5 Å². The Balaban J connectivity index is 3.10. The highest BCUT2D eigenvalue weighted by atomic mass is 127. The standard InChI is InChI=1S/C7H6F3IN2/c8-7(9,10)4-1-5(11)6(2-12)13-3-4/h1,3H,2,12H2. The Kier molecular flexibility index (Phi) is 3.12. The molecule has 0 bridgehead atoms. The summed E-state index contributed by atoms with van der Waals surface area (Å²) in [4.78, 5) is 3.61. The number of alkyl halides is 3. The largest absolute Gasteiger partial charge is 0.417 e. The molecule has 2 N–H and O–H groups in total. The van der Waals surface area contributed by atoms with Crippen molar-refractivity contribution in [2.24, 2.45) is 5.73 Å². The van der Waals surface area contributed by atoms with Crippen molar-refractivity contribution >= 4 is 22.6 Å². The maximum Gasteiger partial charge on any atom is 0.417 e. The number of aromatic nitrogens is 1. The molecule has 0 atom stereocenters. The Hall–Kier alpha value is -0.370. The van der Waals surface area contributed by atoms with E-state index in [9.17, 15) is 13.2 Å². The van der Waals surface area contributed by atoms with Crippen LogP contribution in [0.2, 0.25) is 0 Å². The first-order chi connectivity index (χ1) is 5.95. The summed E-state index contributed by atoms with van der Waals surface area (Å²) in [7, 11) is 0. The van der Waals surface area contributed by atoms with Crippen LogP contribution in [0.3, 0.4) is 0 Å². The topological polar surface area (TPSA) is 38.9 Å². The van der Waals surface area contributed by atoms with E-state index in [0.717, 1.165) is 12.3 Å². The molecule has 1 heterocycles. The molecule has 0 aliphatic rings. The van der Waals surface area contributed by atoms with E-state index in [1.165, 1.54) is 0 Å². The van der Waals surface area contributed by atoms with Crippen LogP contribution < -0.4 is 5.73 Å². The molecule has 2 nitrogen and oxygen atoms in total. The molecule has 0 saturated carbocycles. The van der Waals surface area contributed by atoms with E-state index in [-0.39, 0.29) is 6.54 Å². The normalized spacial score (nSPS) is 11.8. The molecule has 0 aliphatic heterocycles. The van der Waals surface area contributed by atoms with E-state index < -0.39 is 11.7 Å². The van der Waals surface area contributed by atoms with E-state index >= 15 is 0 Å². The quantitative estimate of drug-likeness (QED) is 0.808. The molecule has 0 amide bonds. The van der Waals surface area contributed by atoms with Gasteiger partial charge in [0.15, 0.2) is 0 Å². The van der Waals surface area contributed by atoms with Gasteiger partial charge in [0.05, 0.1) is 11.3 Å². The summed E-state index contributed by atoms with van der Waals surface area (Å²) in [5, 5.41) is 0. The molecule has 72 valence electrons. The van der Waals surface area contributed by atoms with Crippen molar-refractivity contribution in [2.45, 2.75) is 12.7 Å². The zero-order valence-electron chi connectivity index (χ0n) is 6.40. The summed E-state index contributed by atoms with van der Waals surface area (Å²) >= 11 is 1.78. The van der Waals surface area contributed by atoms with Crippen LogP contribution >= 0.6 is 22.6 Å². The van der Waals surface area contributed by atoms with Gasteiger partial charge < -0.3 is 5.73 Å². The fourth-order valence-electron chi connectivity index (χ4n) is 0.771. The number of nitrogens with two attached hydrogens (primary N) is 1. The minimum atomic E-state index is -4.33. The summed E-state index contributed by atoms with van der Waals surface area (Å²) < 4.78 is 36.8. The third-order valence-electron chi connectivity index (χ3n) is 1.44. The highest BCUT2D eigenvalue weighted by Gasteiger charge is 2.31.